The highest BCUT2D eigenvalue weighted by Crippen LogP contribution is 2.30. The predicted octanol–water partition coefficient (Wildman–Crippen LogP) is 3.57. The van der Waals surface area contributed by atoms with E-state index < -0.39 is 16.1 Å². The standard InChI is InChI=1S/C24H26ClN7O3S/c25-20-13-27-24-29-18-5-1-3-15(11-18)6-7-16-12-19(28-22(20)31-24)8-9-21(16)30-23(33)17-4-2-10-32(14-17)36(26,34)35/h1,3,5,8-9,11-13,17H,2,4,6-7,10,14H2,(H,30,33)(H2,26,34,35)(H2,27,28,29,31). The number of rotatable bonds is 3. The lowest BCUT2D eigenvalue weighted by atomic mass is 9.97. The van der Waals surface area contributed by atoms with E-state index in [1.807, 2.05) is 42.5 Å². The van der Waals surface area contributed by atoms with Crippen LogP contribution in [0.4, 0.5) is 28.8 Å². The molecule has 10 nitrogen and oxygen atoms in total. The second kappa shape index (κ2) is 10.0. The largest absolute Gasteiger partial charge is 0.339 e. The van der Waals surface area contributed by atoms with Crippen LogP contribution in [0.3, 0.4) is 0 Å². The number of nitrogens with zero attached hydrogens (tertiary/aromatic N) is 3. The van der Waals surface area contributed by atoms with Crippen LogP contribution in [0, 0.1) is 5.92 Å². The number of nitrogens with two attached hydrogens (primary N) is 1. The van der Waals surface area contributed by atoms with Crippen molar-refractivity contribution in [3.8, 4) is 0 Å². The Kier molecular flexibility index (Phi) is 6.80. The summed E-state index contributed by atoms with van der Waals surface area (Å²) in [6, 6.07) is 13.6. The van der Waals surface area contributed by atoms with E-state index in [-0.39, 0.29) is 12.5 Å². The topological polar surface area (TPSA) is 142 Å². The fraction of sp³-hybridized carbons (Fsp3) is 0.292. The van der Waals surface area contributed by atoms with Crippen molar-refractivity contribution in [2.45, 2.75) is 25.7 Å². The number of fused-ring (bicyclic) bond motifs is 6. The number of benzene rings is 2. The molecular weight excluding hydrogens is 502 g/mol. The van der Waals surface area contributed by atoms with Crippen molar-refractivity contribution < 1.29 is 13.2 Å². The molecule has 1 unspecified atom stereocenters. The fourth-order valence-electron chi connectivity index (χ4n) is 4.49. The molecule has 5 N–H and O–H groups in total. The molecule has 1 saturated heterocycles. The third-order valence-corrected chi connectivity index (χ3v) is 7.68. The van der Waals surface area contributed by atoms with Gasteiger partial charge in [0.2, 0.25) is 11.9 Å². The molecule has 3 aromatic rings. The van der Waals surface area contributed by atoms with Gasteiger partial charge in [-0.25, -0.2) is 10.1 Å². The Hall–Kier alpha value is -3.25. The Balaban J connectivity index is 1.44. The van der Waals surface area contributed by atoms with Crippen molar-refractivity contribution in [1.82, 2.24) is 14.3 Å². The minimum absolute atomic E-state index is 0.0774. The summed E-state index contributed by atoms with van der Waals surface area (Å²) in [4.78, 5) is 21.9. The summed E-state index contributed by atoms with van der Waals surface area (Å²) in [5, 5.41) is 15.1. The fourth-order valence-corrected chi connectivity index (χ4v) is 5.40. The maximum Gasteiger partial charge on any atom is 0.276 e. The van der Waals surface area contributed by atoms with Crippen molar-refractivity contribution in [2.75, 3.05) is 29.0 Å². The molecule has 0 saturated carbocycles. The molecular formula is C24H26ClN7O3S. The average molecular weight is 528 g/mol. The van der Waals surface area contributed by atoms with Gasteiger partial charge in [0.05, 0.1) is 12.1 Å². The van der Waals surface area contributed by atoms with Gasteiger partial charge in [0, 0.05) is 30.2 Å². The van der Waals surface area contributed by atoms with Crippen molar-refractivity contribution in [3.05, 3.63) is 64.8 Å². The number of carbonyl (C=O) groups excluding carboxylic acids is 1. The van der Waals surface area contributed by atoms with Gasteiger partial charge < -0.3 is 16.0 Å². The Labute approximate surface area is 214 Å². The van der Waals surface area contributed by atoms with Gasteiger partial charge in [0.15, 0.2) is 5.82 Å². The van der Waals surface area contributed by atoms with Crippen LogP contribution in [0.15, 0.2) is 48.7 Å². The lowest BCUT2D eigenvalue weighted by Crippen LogP contribution is -2.46. The van der Waals surface area contributed by atoms with E-state index in [1.165, 1.54) is 6.20 Å². The van der Waals surface area contributed by atoms with Crippen LogP contribution in [0.1, 0.15) is 24.0 Å². The van der Waals surface area contributed by atoms with Crippen LogP contribution in [0.2, 0.25) is 5.02 Å². The second-order valence-electron chi connectivity index (χ2n) is 8.94. The highest BCUT2D eigenvalue weighted by atomic mass is 35.5. The van der Waals surface area contributed by atoms with Crippen LogP contribution in [0.25, 0.3) is 0 Å². The minimum Gasteiger partial charge on any atom is -0.339 e. The summed E-state index contributed by atoms with van der Waals surface area (Å²) in [6.07, 6.45) is 4.12. The van der Waals surface area contributed by atoms with Gasteiger partial charge in [-0.15, -0.1) is 0 Å². The lowest BCUT2D eigenvalue weighted by Gasteiger charge is -2.29. The molecule has 2 aliphatic rings. The first-order valence-corrected chi connectivity index (χ1v) is 13.5. The Morgan fingerprint density at radius 1 is 1.14 bits per heavy atom. The van der Waals surface area contributed by atoms with Gasteiger partial charge in [-0.05, 0) is 67.1 Å². The number of hydrogen-bond donors (Lipinski definition) is 4. The molecule has 5 rings (SSSR count). The Morgan fingerprint density at radius 2 is 1.97 bits per heavy atom. The summed E-state index contributed by atoms with van der Waals surface area (Å²) in [6.45, 7) is 0.406. The van der Waals surface area contributed by atoms with Crippen molar-refractivity contribution in [2.24, 2.45) is 11.1 Å². The predicted molar refractivity (Wildman–Crippen MR) is 140 cm³/mol. The molecule has 2 aromatic carbocycles. The van der Waals surface area contributed by atoms with Crippen LogP contribution in [0.5, 0.6) is 0 Å². The number of aromatic nitrogens is 2. The van der Waals surface area contributed by atoms with Gasteiger partial charge in [0.1, 0.15) is 5.02 Å². The number of amides is 1. The number of carbonyl (C=O) groups is 1. The molecule has 6 bridgehead atoms. The Morgan fingerprint density at radius 3 is 2.81 bits per heavy atom. The number of halogens is 1. The van der Waals surface area contributed by atoms with E-state index in [4.69, 9.17) is 16.7 Å². The van der Waals surface area contributed by atoms with E-state index in [1.54, 1.807) is 0 Å². The molecule has 1 fully saturated rings. The molecule has 12 heteroatoms. The Bertz CT molecular complexity index is 1420. The van der Waals surface area contributed by atoms with Crippen molar-refractivity contribution in [1.29, 1.82) is 0 Å². The minimum atomic E-state index is -3.83. The van der Waals surface area contributed by atoms with E-state index in [9.17, 15) is 13.2 Å². The van der Waals surface area contributed by atoms with Crippen molar-refractivity contribution >= 4 is 56.5 Å². The van der Waals surface area contributed by atoms with Gasteiger partial charge in [-0.1, -0.05) is 23.7 Å². The molecule has 0 aliphatic carbocycles. The number of anilines is 5. The monoisotopic (exact) mass is 527 g/mol. The van der Waals surface area contributed by atoms with E-state index in [0.29, 0.717) is 48.3 Å². The SMILES string of the molecule is NS(=O)(=O)N1CCCC(C(=O)Nc2ccc3cc2CCc2cccc(c2)Nc2ncc(Cl)c(n2)N3)C1. The molecule has 36 heavy (non-hydrogen) atoms. The number of piperidine rings is 1. The third kappa shape index (κ3) is 5.59. The quantitative estimate of drug-likeness (QED) is 0.408. The molecule has 3 heterocycles. The number of nitrogens with one attached hydrogen (secondary N) is 3. The van der Waals surface area contributed by atoms with Crippen LogP contribution in [-0.2, 0) is 27.8 Å². The molecule has 0 spiro atoms. The first-order valence-electron chi connectivity index (χ1n) is 11.6. The molecule has 1 atom stereocenters. The average Bonchev–Trinajstić information content (AvgIpc) is 2.86. The third-order valence-electron chi connectivity index (χ3n) is 6.35. The summed E-state index contributed by atoms with van der Waals surface area (Å²) in [5.41, 5.74) is 4.34. The zero-order chi connectivity index (χ0) is 25.3. The number of hydrogen-bond acceptors (Lipinski definition) is 7. The highest BCUT2D eigenvalue weighted by Gasteiger charge is 2.31. The first kappa shape index (κ1) is 24.4. The van der Waals surface area contributed by atoms with Crippen molar-refractivity contribution in [3.63, 3.8) is 0 Å². The number of aryl methyl sites for hydroxylation is 2. The van der Waals surface area contributed by atoms with Crippen LogP contribution >= 0.6 is 11.6 Å². The molecule has 0 radical (unpaired) electrons. The summed E-state index contributed by atoms with van der Waals surface area (Å²) in [5.74, 6) is 0.178. The molecule has 1 amide bonds. The zero-order valence-corrected chi connectivity index (χ0v) is 20.9. The van der Waals surface area contributed by atoms with E-state index in [0.717, 1.165) is 33.2 Å². The first-order chi connectivity index (χ1) is 17.2. The van der Waals surface area contributed by atoms with Gasteiger partial charge in [-0.3, -0.25) is 4.79 Å². The maximum atomic E-state index is 13.1. The zero-order valence-electron chi connectivity index (χ0n) is 19.4. The van der Waals surface area contributed by atoms with Gasteiger partial charge in [-0.2, -0.15) is 17.7 Å². The molecule has 1 aromatic heterocycles. The summed E-state index contributed by atoms with van der Waals surface area (Å²) < 4.78 is 24.7. The molecule has 2 aliphatic heterocycles. The summed E-state index contributed by atoms with van der Waals surface area (Å²) in [7, 11) is -3.83. The lowest BCUT2D eigenvalue weighted by molar-refractivity contribution is -0.120. The van der Waals surface area contributed by atoms with E-state index in [2.05, 4.69) is 25.9 Å². The van der Waals surface area contributed by atoms with Crippen LogP contribution < -0.4 is 21.1 Å². The highest BCUT2D eigenvalue weighted by molar-refractivity contribution is 7.86. The smallest absolute Gasteiger partial charge is 0.276 e. The van der Waals surface area contributed by atoms with Gasteiger partial charge >= 0.3 is 0 Å². The molecule has 188 valence electrons. The maximum absolute atomic E-state index is 13.1. The normalized spacial score (nSPS) is 18.0. The van der Waals surface area contributed by atoms with Crippen LogP contribution in [-0.4, -0.2) is 41.7 Å². The van der Waals surface area contributed by atoms with Gasteiger partial charge in [0.25, 0.3) is 10.2 Å². The summed E-state index contributed by atoms with van der Waals surface area (Å²) >= 11 is 6.34. The second-order valence-corrected chi connectivity index (χ2v) is 10.9. The van der Waals surface area contributed by atoms with E-state index >= 15 is 0 Å².